The van der Waals surface area contributed by atoms with Crippen molar-refractivity contribution in [1.82, 2.24) is 15.5 Å². The summed E-state index contributed by atoms with van der Waals surface area (Å²) in [6.45, 7) is 5.04. The van der Waals surface area contributed by atoms with Crippen molar-refractivity contribution in [2.24, 2.45) is 0 Å². The molecule has 2 N–H and O–H groups in total. The van der Waals surface area contributed by atoms with Crippen LogP contribution in [0, 0.1) is 0 Å². The minimum Gasteiger partial charge on any atom is -0.491 e. The zero-order valence-corrected chi connectivity index (χ0v) is 15.0. The highest BCUT2D eigenvalue weighted by Gasteiger charge is 2.28. The topological polar surface area (TPSA) is 70.7 Å². The van der Waals surface area contributed by atoms with Gasteiger partial charge in [0.2, 0.25) is 5.91 Å². The molecule has 3 atom stereocenters. The Morgan fingerprint density at radius 2 is 2.08 bits per heavy atom. The normalized spacial score (nSPS) is 23.8. The molecule has 3 amide bonds. The summed E-state index contributed by atoms with van der Waals surface area (Å²) in [6.07, 6.45) is 3.96. The van der Waals surface area contributed by atoms with Gasteiger partial charge in [0.05, 0.1) is 6.04 Å². The van der Waals surface area contributed by atoms with Gasteiger partial charge >= 0.3 is 6.03 Å². The van der Waals surface area contributed by atoms with E-state index in [1.165, 1.54) is 0 Å². The van der Waals surface area contributed by atoms with Crippen LogP contribution < -0.4 is 15.4 Å². The van der Waals surface area contributed by atoms with Gasteiger partial charge in [0, 0.05) is 12.6 Å². The summed E-state index contributed by atoms with van der Waals surface area (Å²) in [4.78, 5) is 26.7. The predicted molar refractivity (Wildman–Crippen MR) is 95.6 cm³/mol. The fourth-order valence-electron chi connectivity index (χ4n) is 3.58. The fraction of sp³-hybridized carbons (Fsp3) is 0.579. The van der Waals surface area contributed by atoms with E-state index in [4.69, 9.17) is 4.74 Å². The Kier molecular flexibility index (Phi) is 5.46. The molecule has 2 aliphatic rings. The van der Waals surface area contributed by atoms with Crippen LogP contribution in [0.2, 0.25) is 0 Å². The molecule has 25 heavy (non-hydrogen) atoms. The van der Waals surface area contributed by atoms with Crippen molar-refractivity contribution in [3.63, 3.8) is 0 Å². The van der Waals surface area contributed by atoms with E-state index in [1.807, 2.05) is 29.2 Å². The van der Waals surface area contributed by atoms with E-state index < -0.39 is 6.04 Å². The van der Waals surface area contributed by atoms with E-state index in [-0.39, 0.29) is 24.0 Å². The molecule has 1 aromatic carbocycles. The second-order valence-electron chi connectivity index (χ2n) is 7.04. The molecule has 3 unspecified atom stereocenters. The molecule has 1 saturated heterocycles. The van der Waals surface area contributed by atoms with E-state index in [1.54, 1.807) is 6.92 Å². The number of carbonyl (C=O) groups excluding carboxylic acids is 2. The minimum atomic E-state index is -0.530. The summed E-state index contributed by atoms with van der Waals surface area (Å²) < 4.78 is 5.68. The van der Waals surface area contributed by atoms with E-state index in [0.717, 1.165) is 43.5 Å². The van der Waals surface area contributed by atoms with Crippen LogP contribution >= 0.6 is 0 Å². The van der Waals surface area contributed by atoms with Crippen LogP contribution in [-0.2, 0) is 11.2 Å². The number of benzene rings is 1. The van der Waals surface area contributed by atoms with Gasteiger partial charge in [0.1, 0.15) is 18.4 Å². The third-order valence-electron chi connectivity index (χ3n) is 5.02. The number of hydrogen-bond acceptors (Lipinski definition) is 3. The lowest BCUT2D eigenvalue weighted by molar-refractivity contribution is -0.136. The number of carbonyl (C=O) groups is 2. The number of nitrogens with one attached hydrogen (secondary N) is 2. The Hall–Kier alpha value is -2.24. The molecule has 0 aromatic heterocycles. The fourth-order valence-corrected chi connectivity index (χ4v) is 3.58. The van der Waals surface area contributed by atoms with Gasteiger partial charge in [-0.05, 0) is 51.2 Å². The maximum absolute atomic E-state index is 12.6. The number of piperidine rings is 1. The smallest absolute Gasteiger partial charge is 0.315 e. The lowest BCUT2D eigenvalue weighted by Crippen LogP contribution is -2.55. The van der Waals surface area contributed by atoms with E-state index in [2.05, 4.69) is 17.6 Å². The first kappa shape index (κ1) is 17.6. The molecule has 0 saturated carbocycles. The molecule has 2 heterocycles. The van der Waals surface area contributed by atoms with E-state index >= 15 is 0 Å². The Labute approximate surface area is 148 Å². The summed E-state index contributed by atoms with van der Waals surface area (Å²) in [5, 5.41) is 5.69. The van der Waals surface area contributed by atoms with Gasteiger partial charge in [-0.1, -0.05) is 18.2 Å². The van der Waals surface area contributed by atoms with E-state index in [0.29, 0.717) is 6.61 Å². The van der Waals surface area contributed by atoms with Crippen LogP contribution in [0.25, 0.3) is 0 Å². The molecular weight excluding hydrogens is 318 g/mol. The van der Waals surface area contributed by atoms with Gasteiger partial charge < -0.3 is 20.3 Å². The molecule has 0 aliphatic carbocycles. The molecule has 0 bridgehead atoms. The second kappa shape index (κ2) is 7.76. The SMILES string of the molecule is CC(NC(=O)NC1COc2ccccc2C1)C(=O)N1CCCCC1C. The maximum Gasteiger partial charge on any atom is 0.315 e. The molecule has 1 aromatic rings. The number of hydrogen-bond donors (Lipinski definition) is 2. The number of amides is 3. The van der Waals surface area contributed by atoms with Crippen molar-refractivity contribution in [2.75, 3.05) is 13.2 Å². The van der Waals surface area contributed by atoms with Crippen molar-refractivity contribution in [1.29, 1.82) is 0 Å². The highest BCUT2D eigenvalue weighted by atomic mass is 16.5. The third kappa shape index (κ3) is 4.24. The zero-order chi connectivity index (χ0) is 17.8. The molecular formula is C19H27N3O3. The summed E-state index contributed by atoms with van der Waals surface area (Å²) in [5.74, 6) is 0.871. The average Bonchev–Trinajstić information content (AvgIpc) is 2.61. The molecule has 3 rings (SSSR count). The summed E-state index contributed by atoms with van der Waals surface area (Å²) >= 11 is 0. The number of fused-ring (bicyclic) bond motifs is 1. The van der Waals surface area contributed by atoms with Gasteiger partial charge in [0.25, 0.3) is 0 Å². The molecule has 0 spiro atoms. The molecule has 0 radical (unpaired) electrons. The number of nitrogens with zero attached hydrogens (tertiary/aromatic N) is 1. The summed E-state index contributed by atoms with van der Waals surface area (Å²) in [7, 11) is 0. The van der Waals surface area contributed by atoms with Crippen molar-refractivity contribution < 1.29 is 14.3 Å². The van der Waals surface area contributed by atoms with Crippen molar-refractivity contribution >= 4 is 11.9 Å². The maximum atomic E-state index is 12.6. The van der Waals surface area contributed by atoms with Crippen molar-refractivity contribution in [2.45, 2.75) is 57.7 Å². The van der Waals surface area contributed by atoms with Crippen LogP contribution in [-0.4, -0.2) is 48.1 Å². The quantitative estimate of drug-likeness (QED) is 0.881. The second-order valence-corrected chi connectivity index (χ2v) is 7.04. The van der Waals surface area contributed by atoms with Gasteiger partial charge in [-0.2, -0.15) is 0 Å². The lowest BCUT2D eigenvalue weighted by Gasteiger charge is -2.35. The van der Waals surface area contributed by atoms with Crippen LogP contribution in [0.5, 0.6) is 5.75 Å². The average molecular weight is 345 g/mol. The number of urea groups is 1. The first-order chi connectivity index (χ1) is 12.0. The summed E-state index contributed by atoms with van der Waals surface area (Å²) in [5.41, 5.74) is 1.09. The Bertz CT molecular complexity index is 634. The first-order valence-electron chi connectivity index (χ1n) is 9.13. The van der Waals surface area contributed by atoms with Crippen LogP contribution in [0.1, 0.15) is 38.7 Å². The van der Waals surface area contributed by atoms with Crippen molar-refractivity contribution in [3.8, 4) is 5.75 Å². The standard InChI is InChI=1S/C19H27N3O3/c1-13-7-5-6-10-22(13)18(23)14(2)20-19(24)21-16-11-15-8-3-4-9-17(15)25-12-16/h3-4,8-9,13-14,16H,5-7,10-12H2,1-2H3,(H2,20,21,24). The van der Waals surface area contributed by atoms with Gasteiger partial charge in [-0.3, -0.25) is 4.79 Å². The van der Waals surface area contributed by atoms with Gasteiger partial charge in [-0.15, -0.1) is 0 Å². The highest BCUT2D eigenvalue weighted by Crippen LogP contribution is 2.23. The zero-order valence-electron chi connectivity index (χ0n) is 15.0. The number of para-hydroxylation sites is 1. The number of ether oxygens (including phenoxy) is 1. The van der Waals surface area contributed by atoms with Crippen LogP contribution in [0.4, 0.5) is 4.79 Å². The Morgan fingerprint density at radius 3 is 2.88 bits per heavy atom. The molecule has 136 valence electrons. The summed E-state index contributed by atoms with van der Waals surface area (Å²) in [6, 6.07) is 7.15. The third-order valence-corrected chi connectivity index (χ3v) is 5.02. The minimum absolute atomic E-state index is 0.00686. The van der Waals surface area contributed by atoms with Crippen LogP contribution in [0.3, 0.4) is 0 Å². The van der Waals surface area contributed by atoms with Gasteiger partial charge in [0.15, 0.2) is 0 Å². The Balaban J connectivity index is 1.50. The molecule has 2 aliphatic heterocycles. The van der Waals surface area contributed by atoms with Gasteiger partial charge in [-0.25, -0.2) is 4.79 Å². The predicted octanol–water partition coefficient (Wildman–Crippen LogP) is 2.08. The first-order valence-corrected chi connectivity index (χ1v) is 9.13. The van der Waals surface area contributed by atoms with E-state index in [9.17, 15) is 9.59 Å². The number of likely N-dealkylation sites (tertiary alicyclic amines) is 1. The Morgan fingerprint density at radius 1 is 1.28 bits per heavy atom. The molecule has 1 fully saturated rings. The number of rotatable bonds is 3. The monoisotopic (exact) mass is 345 g/mol. The highest BCUT2D eigenvalue weighted by molar-refractivity contribution is 5.87. The molecule has 6 nitrogen and oxygen atoms in total. The van der Waals surface area contributed by atoms with Crippen LogP contribution in [0.15, 0.2) is 24.3 Å². The largest absolute Gasteiger partial charge is 0.491 e. The molecule has 6 heteroatoms. The van der Waals surface area contributed by atoms with Crippen molar-refractivity contribution in [3.05, 3.63) is 29.8 Å². The lowest BCUT2D eigenvalue weighted by atomic mass is 10.0.